The summed E-state index contributed by atoms with van der Waals surface area (Å²) in [5.74, 6) is 0.214. The molecule has 2 aliphatic rings. The summed E-state index contributed by atoms with van der Waals surface area (Å²) in [5, 5.41) is 5.54. The van der Waals surface area contributed by atoms with Crippen LogP contribution in [-0.2, 0) is 14.3 Å². The number of hydrogen-bond donors (Lipinski definition) is 2. The molecule has 0 radical (unpaired) electrons. The first-order valence-corrected chi connectivity index (χ1v) is 8.51. The molecule has 1 fully saturated rings. The molecule has 1 aromatic carbocycles. The fourth-order valence-corrected chi connectivity index (χ4v) is 3.84. The van der Waals surface area contributed by atoms with Gasteiger partial charge >= 0.3 is 6.09 Å². The predicted molar refractivity (Wildman–Crippen MR) is 94.0 cm³/mol. The fourth-order valence-electron chi connectivity index (χ4n) is 3.84. The molecule has 0 aromatic heterocycles. The maximum absolute atomic E-state index is 12.9. The average Bonchev–Trinajstić information content (AvgIpc) is 2.79. The highest BCUT2D eigenvalue weighted by molar-refractivity contribution is 6.24. The predicted octanol–water partition coefficient (Wildman–Crippen LogP) is 2.36. The van der Waals surface area contributed by atoms with Gasteiger partial charge in [-0.05, 0) is 37.5 Å². The number of nitrogens with one attached hydrogen (secondary N) is 2. The number of carbonyl (C=O) groups excluding carboxylic acids is 2. The van der Waals surface area contributed by atoms with E-state index < -0.39 is 11.6 Å². The van der Waals surface area contributed by atoms with Crippen molar-refractivity contribution in [2.24, 2.45) is 0 Å². The zero-order valence-electron chi connectivity index (χ0n) is 15.1. The first kappa shape index (κ1) is 17.5. The van der Waals surface area contributed by atoms with Crippen molar-refractivity contribution in [3.8, 4) is 0 Å². The zero-order chi connectivity index (χ0) is 18.2. The number of alkyl carbamates (subject to hydrolysis) is 1. The van der Waals surface area contributed by atoms with Crippen molar-refractivity contribution in [2.75, 3.05) is 20.3 Å². The Hall–Kier alpha value is -2.34. The normalized spacial score (nSPS) is 19.1. The Morgan fingerprint density at radius 1 is 1.20 bits per heavy atom. The molecule has 2 heterocycles. The van der Waals surface area contributed by atoms with Crippen LogP contribution in [0.4, 0.5) is 4.79 Å². The van der Waals surface area contributed by atoms with Crippen LogP contribution in [0.25, 0.3) is 5.57 Å². The molecule has 0 aliphatic carbocycles. The van der Waals surface area contributed by atoms with Gasteiger partial charge in [-0.15, -0.1) is 0 Å². The van der Waals surface area contributed by atoms with Gasteiger partial charge in [0.05, 0.1) is 5.57 Å². The van der Waals surface area contributed by atoms with E-state index in [4.69, 9.17) is 9.47 Å². The van der Waals surface area contributed by atoms with Gasteiger partial charge < -0.3 is 20.1 Å². The highest BCUT2D eigenvalue weighted by atomic mass is 16.6. The third-order valence-electron chi connectivity index (χ3n) is 4.91. The lowest BCUT2D eigenvalue weighted by Crippen LogP contribution is -2.49. The summed E-state index contributed by atoms with van der Waals surface area (Å²) < 4.78 is 11.1. The lowest BCUT2D eigenvalue weighted by Gasteiger charge is -2.34. The second-order valence-electron chi connectivity index (χ2n) is 6.77. The first-order chi connectivity index (χ1) is 11.9. The smallest absolute Gasteiger partial charge is 0.411 e. The molecule has 25 heavy (non-hydrogen) atoms. The minimum atomic E-state index is -0.680. The van der Waals surface area contributed by atoms with Crippen molar-refractivity contribution in [3.63, 3.8) is 0 Å². The van der Waals surface area contributed by atoms with E-state index in [2.05, 4.69) is 10.6 Å². The Kier molecular flexibility index (Phi) is 4.56. The number of ether oxygens (including phenoxy) is 2. The summed E-state index contributed by atoms with van der Waals surface area (Å²) in [6.45, 7) is 7.00. The summed E-state index contributed by atoms with van der Waals surface area (Å²) in [4.78, 5) is 24.9. The molecule has 0 bridgehead atoms. The number of amides is 2. The van der Waals surface area contributed by atoms with Gasteiger partial charge in [0, 0.05) is 33.1 Å². The van der Waals surface area contributed by atoms with Crippen molar-refractivity contribution < 1.29 is 19.1 Å². The largest absolute Gasteiger partial charge is 0.412 e. The summed E-state index contributed by atoms with van der Waals surface area (Å²) in [5.41, 5.74) is 3.73. The Labute approximate surface area is 147 Å². The Balaban J connectivity index is 2.20. The van der Waals surface area contributed by atoms with Crippen molar-refractivity contribution in [1.29, 1.82) is 0 Å². The van der Waals surface area contributed by atoms with Gasteiger partial charge in [0.15, 0.2) is 0 Å². The third kappa shape index (κ3) is 3.02. The molecular weight excluding hydrogens is 320 g/mol. The number of hydrogen-bond acceptors (Lipinski definition) is 4. The van der Waals surface area contributed by atoms with E-state index in [0.29, 0.717) is 37.4 Å². The van der Waals surface area contributed by atoms with Crippen molar-refractivity contribution in [2.45, 2.75) is 39.2 Å². The van der Waals surface area contributed by atoms with Gasteiger partial charge in [0.25, 0.3) is 5.91 Å². The van der Waals surface area contributed by atoms with Crippen LogP contribution in [0.15, 0.2) is 17.9 Å². The molecule has 0 unspecified atom stereocenters. The molecule has 2 aliphatic heterocycles. The van der Waals surface area contributed by atoms with Crippen LogP contribution < -0.4 is 10.6 Å². The lowest BCUT2D eigenvalue weighted by molar-refractivity contribution is -0.117. The minimum Gasteiger partial charge on any atom is -0.411 e. The van der Waals surface area contributed by atoms with E-state index in [1.54, 1.807) is 0 Å². The Morgan fingerprint density at radius 3 is 2.36 bits per heavy atom. The second-order valence-corrected chi connectivity index (χ2v) is 6.77. The van der Waals surface area contributed by atoms with Crippen molar-refractivity contribution in [3.05, 3.63) is 40.1 Å². The van der Waals surface area contributed by atoms with E-state index in [9.17, 15) is 9.59 Å². The molecule has 2 N–H and O–H groups in total. The Bertz CT molecular complexity index is 738. The first-order valence-electron chi connectivity index (χ1n) is 8.51. The minimum absolute atomic E-state index is 0.198. The van der Waals surface area contributed by atoms with Gasteiger partial charge in [-0.25, -0.2) is 4.79 Å². The van der Waals surface area contributed by atoms with E-state index >= 15 is 0 Å². The van der Waals surface area contributed by atoms with Gasteiger partial charge in [0.2, 0.25) is 0 Å². The molecule has 2 amide bonds. The molecule has 6 nitrogen and oxygen atoms in total. The Morgan fingerprint density at radius 2 is 1.80 bits per heavy atom. The number of benzene rings is 1. The van der Waals surface area contributed by atoms with Gasteiger partial charge in [-0.1, -0.05) is 17.7 Å². The molecule has 1 aromatic rings. The summed E-state index contributed by atoms with van der Waals surface area (Å²) in [7, 11) is 1.51. The standard InChI is InChI=1S/C19H24N2O4/c1-11-9-12(2)14(13(3)10-11)15-16(25-18(23)20-4)19(21-17(15)22)5-7-24-8-6-19/h9-10H,5-8H2,1-4H3,(H,20,23)(H,21,22). The maximum atomic E-state index is 12.9. The maximum Gasteiger partial charge on any atom is 0.412 e. The average molecular weight is 344 g/mol. The van der Waals surface area contributed by atoms with Crippen LogP contribution in [0.2, 0.25) is 0 Å². The van der Waals surface area contributed by atoms with Crippen molar-refractivity contribution in [1.82, 2.24) is 10.6 Å². The van der Waals surface area contributed by atoms with Crippen LogP contribution in [0.5, 0.6) is 0 Å². The van der Waals surface area contributed by atoms with Crippen molar-refractivity contribution >= 4 is 17.6 Å². The lowest BCUT2D eigenvalue weighted by atomic mass is 9.86. The van der Waals surface area contributed by atoms with Gasteiger partial charge in [-0.2, -0.15) is 0 Å². The molecule has 1 saturated heterocycles. The monoisotopic (exact) mass is 344 g/mol. The highest BCUT2D eigenvalue weighted by Crippen LogP contribution is 2.42. The summed E-state index contributed by atoms with van der Waals surface area (Å²) in [6, 6.07) is 4.07. The van der Waals surface area contributed by atoms with Gasteiger partial charge in [0.1, 0.15) is 11.3 Å². The zero-order valence-corrected chi connectivity index (χ0v) is 15.1. The molecule has 6 heteroatoms. The number of carbonyl (C=O) groups is 2. The van der Waals surface area contributed by atoms with Crippen LogP contribution in [0.1, 0.15) is 35.1 Å². The molecule has 134 valence electrons. The number of rotatable bonds is 2. The SMILES string of the molecule is CNC(=O)OC1=C(c2c(C)cc(C)cc2C)C(=O)NC12CCOCC2. The third-order valence-corrected chi connectivity index (χ3v) is 4.91. The topological polar surface area (TPSA) is 76.7 Å². The van der Waals surface area contributed by atoms with Crippen LogP contribution >= 0.6 is 0 Å². The van der Waals surface area contributed by atoms with E-state index in [1.165, 1.54) is 7.05 Å². The summed E-state index contributed by atoms with van der Waals surface area (Å²) in [6.07, 6.45) is 0.592. The molecule has 0 atom stereocenters. The number of aryl methyl sites for hydroxylation is 3. The highest BCUT2D eigenvalue weighted by Gasteiger charge is 2.49. The van der Waals surface area contributed by atoms with Crippen LogP contribution in [0.3, 0.4) is 0 Å². The second kappa shape index (κ2) is 6.52. The van der Waals surface area contributed by atoms with E-state index in [1.807, 2.05) is 32.9 Å². The van der Waals surface area contributed by atoms with E-state index in [0.717, 1.165) is 22.3 Å². The summed E-state index contributed by atoms with van der Waals surface area (Å²) >= 11 is 0. The quantitative estimate of drug-likeness (QED) is 0.863. The van der Waals surface area contributed by atoms with E-state index in [-0.39, 0.29) is 5.91 Å². The molecular formula is C19H24N2O4. The van der Waals surface area contributed by atoms with Crippen LogP contribution in [0, 0.1) is 20.8 Å². The van der Waals surface area contributed by atoms with Gasteiger partial charge in [-0.3, -0.25) is 4.79 Å². The molecule has 3 rings (SSSR count). The molecule has 1 spiro atoms. The van der Waals surface area contributed by atoms with Crippen LogP contribution in [-0.4, -0.2) is 37.8 Å². The molecule has 0 saturated carbocycles. The fraction of sp³-hybridized carbons (Fsp3) is 0.474.